The van der Waals surface area contributed by atoms with Gasteiger partial charge in [-0.1, -0.05) is 25.4 Å². The van der Waals surface area contributed by atoms with E-state index in [0.29, 0.717) is 18.9 Å². The Bertz CT molecular complexity index is 624. The molecule has 1 N–H and O–H groups in total. The fraction of sp³-hybridized carbons (Fsp3) is 0.600. The number of piperidine rings is 1. The second-order valence-electron chi connectivity index (χ2n) is 6.41. The van der Waals surface area contributed by atoms with E-state index in [4.69, 9.17) is 16.3 Å². The molecule has 2 heterocycles. The standard InChI is InChI=1S/C15H19ClN4O3/c1-8(2)7-23-15(22)20-10-3-9(10)4-11(20)14(21)19-13-6-17-5-12(16)18-13/h5-6,8-11H,3-4,7H2,1-2H3,(H,18,19,21). The highest BCUT2D eigenvalue weighted by molar-refractivity contribution is 6.29. The summed E-state index contributed by atoms with van der Waals surface area (Å²) in [6.45, 7) is 4.29. The fourth-order valence-corrected chi connectivity index (χ4v) is 3.02. The van der Waals surface area contributed by atoms with E-state index in [-0.39, 0.29) is 28.8 Å². The van der Waals surface area contributed by atoms with Crippen LogP contribution in [0.2, 0.25) is 5.15 Å². The number of halogens is 1. The summed E-state index contributed by atoms with van der Waals surface area (Å²) in [6.07, 6.45) is 3.98. The molecule has 3 rings (SSSR count). The van der Waals surface area contributed by atoms with E-state index in [1.54, 1.807) is 4.90 Å². The SMILES string of the molecule is CC(C)COC(=O)N1C(C(=O)Nc2cncc(Cl)n2)CC2CC21. The molecule has 0 aromatic carbocycles. The van der Waals surface area contributed by atoms with Crippen LogP contribution in [0.25, 0.3) is 0 Å². The number of fused-ring (bicyclic) bond motifs is 1. The van der Waals surface area contributed by atoms with Crippen molar-refractivity contribution in [2.24, 2.45) is 11.8 Å². The Hall–Kier alpha value is -1.89. The zero-order valence-electron chi connectivity index (χ0n) is 13.0. The lowest BCUT2D eigenvalue weighted by Gasteiger charge is -2.26. The van der Waals surface area contributed by atoms with E-state index >= 15 is 0 Å². The Morgan fingerprint density at radius 1 is 1.43 bits per heavy atom. The molecule has 23 heavy (non-hydrogen) atoms. The van der Waals surface area contributed by atoms with Crippen molar-refractivity contribution in [2.45, 2.75) is 38.8 Å². The highest BCUT2D eigenvalue weighted by atomic mass is 35.5. The average Bonchev–Trinajstić information content (AvgIpc) is 3.15. The zero-order chi connectivity index (χ0) is 16.6. The van der Waals surface area contributed by atoms with E-state index in [9.17, 15) is 9.59 Å². The van der Waals surface area contributed by atoms with Crippen LogP contribution in [0.15, 0.2) is 12.4 Å². The van der Waals surface area contributed by atoms with Crippen molar-refractivity contribution in [1.29, 1.82) is 0 Å². The summed E-state index contributed by atoms with van der Waals surface area (Å²) >= 11 is 5.76. The van der Waals surface area contributed by atoms with Gasteiger partial charge in [0.2, 0.25) is 5.91 Å². The predicted octanol–water partition coefficient (Wildman–Crippen LogP) is 2.32. The number of ether oxygens (including phenoxy) is 1. The topological polar surface area (TPSA) is 84.4 Å². The molecule has 3 unspecified atom stereocenters. The van der Waals surface area contributed by atoms with Gasteiger partial charge in [-0.15, -0.1) is 0 Å². The third-order valence-electron chi connectivity index (χ3n) is 4.01. The summed E-state index contributed by atoms with van der Waals surface area (Å²) in [5, 5.41) is 2.87. The number of likely N-dealkylation sites (tertiary alicyclic amines) is 1. The van der Waals surface area contributed by atoms with Gasteiger partial charge in [-0.05, 0) is 24.7 Å². The summed E-state index contributed by atoms with van der Waals surface area (Å²) < 4.78 is 5.29. The Morgan fingerprint density at radius 2 is 2.22 bits per heavy atom. The number of aromatic nitrogens is 2. The Kier molecular flexibility index (Phi) is 4.39. The van der Waals surface area contributed by atoms with Gasteiger partial charge in [0.15, 0.2) is 5.82 Å². The van der Waals surface area contributed by atoms with Crippen LogP contribution in [0, 0.1) is 11.8 Å². The maximum atomic E-state index is 12.5. The fourth-order valence-electron chi connectivity index (χ4n) is 2.88. The summed E-state index contributed by atoms with van der Waals surface area (Å²) in [6, 6.07) is -0.407. The number of carbonyl (C=O) groups excluding carboxylic acids is 2. The van der Waals surface area contributed by atoms with Gasteiger partial charge in [0.1, 0.15) is 11.2 Å². The van der Waals surface area contributed by atoms with Gasteiger partial charge in [-0.2, -0.15) is 0 Å². The first-order valence-electron chi connectivity index (χ1n) is 7.69. The van der Waals surface area contributed by atoms with Crippen molar-refractivity contribution < 1.29 is 14.3 Å². The molecule has 1 aromatic rings. The number of hydrogen-bond acceptors (Lipinski definition) is 5. The van der Waals surface area contributed by atoms with E-state index in [1.807, 2.05) is 13.8 Å². The first-order chi connectivity index (χ1) is 11.0. The molecule has 1 aliphatic carbocycles. The number of amides is 2. The lowest BCUT2D eigenvalue weighted by molar-refractivity contribution is -0.120. The number of nitrogens with zero attached hydrogens (tertiary/aromatic N) is 3. The van der Waals surface area contributed by atoms with Crippen LogP contribution in [0.4, 0.5) is 10.6 Å². The van der Waals surface area contributed by atoms with Gasteiger partial charge in [-0.25, -0.2) is 9.78 Å². The minimum Gasteiger partial charge on any atom is -0.449 e. The van der Waals surface area contributed by atoms with E-state index in [0.717, 1.165) is 6.42 Å². The Morgan fingerprint density at radius 3 is 2.91 bits per heavy atom. The highest BCUT2D eigenvalue weighted by Crippen LogP contribution is 2.48. The Labute approximate surface area is 139 Å². The molecule has 1 aromatic heterocycles. The summed E-state index contributed by atoms with van der Waals surface area (Å²) in [7, 11) is 0. The molecular weight excluding hydrogens is 320 g/mol. The van der Waals surface area contributed by atoms with Crippen LogP contribution in [-0.4, -0.2) is 45.6 Å². The molecule has 1 saturated heterocycles. The first-order valence-corrected chi connectivity index (χ1v) is 8.07. The van der Waals surface area contributed by atoms with Gasteiger partial charge in [0.05, 0.1) is 19.0 Å². The van der Waals surface area contributed by atoms with Gasteiger partial charge >= 0.3 is 6.09 Å². The predicted molar refractivity (Wildman–Crippen MR) is 84.0 cm³/mol. The molecule has 0 spiro atoms. The second kappa shape index (κ2) is 6.31. The van der Waals surface area contributed by atoms with Crippen molar-refractivity contribution in [1.82, 2.24) is 14.9 Å². The largest absolute Gasteiger partial charge is 0.449 e. The minimum absolute atomic E-state index is 0.121. The van der Waals surface area contributed by atoms with Crippen molar-refractivity contribution in [3.05, 3.63) is 17.5 Å². The van der Waals surface area contributed by atoms with Crippen molar-refractivity contribution >= 4 is 29.4 Å². The molecule has 124 valence electrons. The molecule has 3 atom stereocenters. The molecule has 8 heteroatoms. The summed E-state index contributed by atoms with van der Waals surface area (Å²) in [5.74, 6) is 0.641. The van der Waals surface area contributed by atoms with Gasteiger partial charge < -0.3 is 10.1 Å². The van der Waals surface area contributed by atoms with Crippen molar-refractivity contribution in [3.8, 4) is 0 Å². The molecule has 1 aliphatic heterocycles. The summed E-state index contributed by atoms with van der Waals surface area (Å²) in [5.41, 5.74) is 0. The number of hydrogen-bond donors (Lipinski definition) is 1. The van der Waals surface area contributed by atoms with Crippen LogP contribution in [0.1, 0.15) is 26.7 Å². The third kappa shape index (κ3) is 3.55. The monoisotopic (exact) mass is 338 g/mol. The maximum absolute atomic E-state index is 12.5. The molecule has 2 aliphatic rings. The number of rotatable bonds is 4. The summed E-state index contributed by atoms with van der Waals surface area (Å²) in [4.78, 5) is 34.2. The number of carbonyl (C=O) groups is 2. The second-order valence-corrected chi connectivity index (χ2v) is 6.80. The van der Waals surface area contributed by atoms with E-state index in [2.05, 4.69) is 15.3 Å². The van der Waals surface area contributed by atoms with Crippen molar-refractivity contribution in [2.75, 3.05) is 11.9 Å². The van der Waals surface area contributed by atoms with Crippen LogP contribution >= 0.6 is 11.6 Å². The van der Waals surface area contributed by atoms with Crippen LogP contribution in [0.5, 0.6) is 0 Å². The third-order valence-corrected chi connectivity index (χ3v) is 4.20. The molecule has 2 amide bonds. The number of nitrogens with one attached hydrogen (secondary N) is 1. The van der Waals surface area contributed by atoms with E-state index in [1.165, 1.54) is 12.4 Å². The molecule has 1 saturated carbocycles. The molecule has 0 radical (unpaired) electrons. The number of anilines is 1. The molecular formula is C15H19ClN4O3. The quantitative estimate of drug-likeness (QED) is 0.910. The highest BCUT2D eigenvalue weighted by Gasteiger charge is 2.56. The van der Waals surface area contributed by atoms with Crippen LogP contribution < -0.4 is 5.32 Å². The lowest BCUT2D eigenvalue weighted by atomic mass is 10.1. The zero-order valence-corrected chi connectivity index (χ0v) is 13.8. The van der Waals surface area contributed by atoms with Crippen molar-refractivity contribution in [3.63, 3.8) is 0 Å². The first kappa shape index (κ1) is 16.0. The van der Waals surface area contributed by atoms with Gasteiger partial charge in [0, 0.05) is 6.04 Å². The average molecular weight is 339 g/mol. The molecule has 2 fully saturated rings. The van der Waals surface area contributed by atoms with E-state index < -0.39 is 12.1 Å². The van der Waals surface area contributed by atoms with Gasteiger partial charge in [-0.3, -0.25) is 14.7 Å². The smallest absolute Gasteiger partial charge is 0.410 e. The Balaban J connectivity index is 1.66. The minimum atomic E-state index is -0.529. The molecule has 7 nitrogen and oxygen atoms in total. The normalized spacial score (nSPS) is 25.2. The van der Waals surface area contributed by atoms with Crippen LogP contribution in [0.3, 0.4) is 0 Å². The maximum Gasteiger partial charge on any atom is 0.410 e. The van der Waals surface area contributed by atoms with Gasteiger partial charge in [0.25, 0.3) is 0 Å². The lowest BCUT2D eigenvalue weighted by Crippen LogP contribution is -2.46. The molecule has 0 bridgehead atoms. The van der Waals surface area contributed by atoms with Crippen LogP contribution in [-0.2, 0) is 9.53 Å².